The number of rotatable bonds is 3. The van der Waals surface area contributed by atoms with E-state index in [4.69, 9.17) is 9.47 Å². The SMILES string of the molecule is CC1(C)OCC(CNC2CCC(C(C)(C)C)CC2)O1. The molecule has 1 atom stereocenters. The molecule has 1 saturated carbocycles. The summed E-state index contributed by atoms with van der Waals surface area (Å²) in [6.07, 6.45) is 5.54. The molecule has 0 bridgehead atoms. The molecule has 2 fully saturated rings. The van der Waals surface area contributed by atoms with Crippen molar-refractivity contribution in [1.82, 2.24) is 5.32 Å². The summed E-state index contributed by atoms with van der Waals surface area (Å²) in [6, 6.07) is 0.672. The van der Waals surface area contributed by atoms with Gasteiger partial charge in [0.1, 0.15) is 0 Å². The van der Waals surface area contributed by atoms with Crippen molar-refractivity contribution in [2.24, 2.45) is 11.3 Å². The summed E-state index contributed by atoms with van der Waals surface area (Å²) >= 11 is 0. The molecule has 2 rings (SSSR count). The van der Waals surface area contributed by atoms with Crippen molar-refractivity contribution in [3.63, 3.8) is 0 Å². The first-order valence-corrected chi connectivity index (χ1v) is 7.81. The summed E-state index contributed by atoms with van der Waals surface area (Å²) in [5.74, 6) is 0.492. The molecule has 1 heterocycles. The predicted octanol–water partition coefficient (Wildman–Crippen LogP) is 3.33. The molecule has 1 aliphatic carbocycles. The lowest BCUT2D eigenvalue weighted by atomic mass is 9.71. The first-order valence-electron chi connectivity index (χ1n) is 7.81. The van der Waals surface area contributed by atoms with Crippen LogP contribution >= 0.6 is 0 Å². The minimum atomic E-state index is -0.393. The van der Waals surface area contributed by atoms with Gasteiger partial charge in [0.25, 0.3) is 0 Å². The molecule has 0 amide bonds. The van der Waals surface area contributed by atoms with Crippen LogP contribution in [0.3, 0.4) is 0 Å². The Labute approximate surface area is 118 Å². The highest BCUT2D eigenvalue weighted by Crippen LogP contribution is 2.37. The lowest BCUT2D eigenvalue weighted by Crippen LogP contribution is -2.40. The normalized spacial score (nSPS) is 35.5. The largest absolute Gasteiger partial charge is 0.348 e. The first kappa shape index (κ1) is 15.3. The Balaban J connectivity index is 1.67. The molecule has 0 aromatic carbocycles. The molecule has 3 nitrogen and oxygen atoms in total. The fraction of sp³-hybridized carbons (Fsp3) is 1.00. The quantitative estimate of drug-likeness (QED) is 0.852. The van der Waals surface area contributed by atoms with Gasteiger partial charge in [-0.25, -0.2) is 0 Å². The summed E-state index contributed by atoms with van der Waals surface area (Å²) in [5.41, 5.74) is 0.470. The van der Waals surface area contributed by atoms with Crippen LogP contribution in [-0.2, 0) is 9.47 Å². The minimum absolute atomic E-state index is 0.218. The van der Waals surface area contributed by atoms with E-state index in [1.807, 2.05) is 13.8 Å². The second kappa shape index (κ2) is 5.71. The molecule has 0 spiro atoms. The zero-order valence-corrected chi connectivity index (χ0v) is 13.3. The molecule has 1 saturated heterocycles. The van der Waals surface area contributed by atoms with Gasteiger partial charge in [0.15, 0.2) is 5.79 Å². The topological polar surface area (TPSA) is 30.5 Å². The van der Waals surface area contributed by atoms with Gasteiger partial charge in [-0.3, -0.25) is 0 Å². The van der Waals surface area contributed by atoms with Crippen LogP contribution in [0.15, 0.2) is 0 Å². The van der Waals surface area contributed by atoms with E-state index in [2.05, 4.69) is 26.1 Å². The standard InChI is InChI=1S/C16H31NO2/c1-15(2,3)12-6-8-13(9-7-12)17-10-14-11-18-16(4,5)19-14/h12-14,17H,6-11H2,1-5H3. The van der Waals surface area contributed by atoms with Gasteiger partial charge >= 0.3 is 0 Å². The van der Waals surface area contributed by atoms with Gasteiger partial charge in [-0.15, -0.1) is 0 Å². The highest BCUT2D eigenvalue weighted by atomic mass is 16.7. The summed E-state index contributed by atoms with van der Waals surface area (Å²) in [5, 5.41) is 3.67. The molecule has 0 aromatic heterocycles. The van der Waals surface area contributed by atoms with Gasteiger partial charge in [-0.2, -0.15) is 0 Å². The molecular formula is C16H31NO2. The van der Waals surface area contributed by atoms with Crippen LogP contribution in [0.2, 0.25) is 0 Å². The Kier molecular flexibility index (Phi) is 4.59. The smallest absolute Gasteiger partial charge is 0.163 e. The zero-order chi connectivity index (χ0) is 14.1. The molecular weight excluding hydrogens is 238 g/mol. The molecule has 1 aliphatic heterocycles. The lowest BCUT2D eigenvalue weighted by molar-refractivity contribution is -0.138. The highest BCUT2D eigenvalue weighted by molar-refractivity contribution is 4.84. The molecule has 1 unspecified atom stereocenters. The zero-order valence-electron chi connectivity index (χ0n) is 13.3. The van der Waals surface area contributed by atoms with Crippen LogP contribution in [0.1, 0.15) is 60.3 Å². The van der Waals surface area contributed by atoms with Gasteiger partial charge in [-0.1, -0.05) is 20.8 Å². The predicted molar refractivity (Wildman–Crippen MR) is 78.1 cm³/mol. The second-order valence-corrected chi connectivity index (χ2v) is 7.77. The van der Waals surface area contributed by atoms with Crippen LogP contribution in [0.4, 0.5) is 0 Å². The van der Waals surface area contributed by atoms with Crippen LogP contribution in [0.5, 0.6) is 0 Å². The third-order valence-electron chi connectivity index (χ3n) is 4.65. The van der Waals surface area contributed by atoms with Crippen molar-refractivity contribution < 1.29 is 9.47 Å². The van der Waals surface area contributed by atoms with Crippen molar-refractivity contribution in [2.45, 2.75) is 78.2 Å². The van der Waals surface area contributed by atoms with E-state index in [-0.39, 0.29) is 6.10 Å². The Morgan fingerprint density at radius 3 is 2.21 bits per heavy atom. The minimum Gasteiger partial charge on any atom is -0.348 e. The Morgan fingerprint density at radius 1 is 1.11 bits per heavy atom. The summed E-state index contributed by atoms with van der Waals surface area (Å²) in [6.45, 7) is 12.7. The maximum atomic E-state index is 5.83. The van der Waals surface area contributed by atoms with Crippen LogP contribution in [0.25, 0.3) is 0 Å². The molecule has 1 N–H and O–H groups in total. The molecule has 0 aromatic rings. The van der Waals surface area contributed by atoms with E-state index >= 15 is 0 Å². The number of ether oxygens (including phenoxy) is 2. The van der Waals surface area contributed by atoms with Gasteiger partial charge in [0, 0.05) is 12.6 Å². The fourth-order valence-corrected chi connectivity index (χ4v) is 3.33. The lowest BCUT2D eigenvalue weighted by Gasteiger charge is -2.37. The molecule has 19 heavy (non-hydrogen) atoms. The van der Waals surface area contributed by atoms with Crippen LogP contribution in [-0.4, -0.2) is 31.1 Å². The highest BCUT2D eigenvalue weighted by Gasteiger charge is 2.34. The van der Waals surface area contributed by atoms with E-state index in [1.165, 1.54) is 25.7 Å². The Bertz CT molecular complexity index is 288. The van der Waals surface area contributed by atoms with E-state index in [0.717, 1.165) is 19.1 Å². The van der Waals surface area contributed by atoms with Gasteiger partial charge in [0.05, 0.1) is 12.7 Å². The van der Waals surface area contributed by atoms with E-state index in [0.29, 0.717) is 11.5 Å². The average molecular weight is 269 g/mol. The second-order valence-electron chi connectivity index (χ2n) is 7.77. The van der Waals surface area contributed by atoms with Gasteiger partial charge < -0.3 is 14.8 Å². The number of hydrogen-bond donors (Lipinski definition) is 1. The van der Waals surface area contributed by atoms with Gasteiger partial charge in [-0.05, 0) is 50.9 Å². The third-order valence-corrected chi connectivity index (χ3v) is 4.65. The molecule has 2 aliphatic rings. The fourth-order valence-electron chi connectivity index (χ4n) is 3.33. The maximum absolute atomic E-state index is 5.83. The van der Waals surface area contributed by atoms with Crippen molar-refractivity contribution >= 4 is 0 Å². The van der Waals surface area contributed by atoms with Gasteiger partial charge in [0.2, 0.25) is 0 Å². The van der Waals surface area contributed by atoms with Crippen molar-refractivity contribution in [1.29, 1.82) is 0 Å². The van der Waals surface area contributed by atoms with E-state index in [9.17, 15) is 0 Å². The first-order chi connectivity index (χ1) is 8.76. The average Bonchev–Trinajstić information content (AvgIpc) is 2.66. The summed E-state index contributed by atoms with van der Waals surface area (Å²) in [7, 11) is 0. The Hall–Kier alpha value is -0.120. The van der Waals surface area contributed by atoms with E-state index < -0.39 is 5.79 Å². The van der Waals surface area contributed by atoms with Crippen molar-refractivity contribution in [3.8, 4) is 0 Å². The monoisotopic (exact) mass is 269 g/mol. The molecule has 112 valence electrons. The number of nitrogens with one attached hydrogen (secondary N) is 1. The molecule has 3 heteroatoms. The van der Waals surface area contributed by atoms with Crippen LogP contribution < -0.4 is 5.32 Å². The van der Waals surface area contributed by atoms with Crippen LogP contribution in [0, 0.1) is 11.3 Å². The number of hydrogen-bond acceptors (Lipinski definition) is 3. The van der Waals surface area contributed by atoms with Crippen molar-refractivity contribution in [2.75, 3.05) is 13.2 Å². The summed E-state index contributed by atoms with van der Waals surface area (Å²) in [4.78, 5) is 0. The van der Waals surface area contributed by atoms with Crippen molar-refractivity contribution in [3.05, 3.63) is 0 Å². The third kappa shape index (κ3) is 4.44. The Morgan fingerprint density at radius 2 is 1.74 bits per heavy atom. The maximum Gasteiger partial charge on any atom is 0.163 e. The molecule has 0 radical (unpaired) electrons. The van der Waals surface area contributed by atoms with E-state index in [1.54, 1.807) is 0 Å². The summed E-state index contributed by atoms with van der Waals surface area (Å²) < 4.78 is 11.4.